The quantitative estimate of drug-likeness (QED) is 0.651. The van der Waals surface area contributed by atoms with Crippen molar-refractivity contribution in [1.29, 1.82) is 0 Å². The summed E-state index contributed by atoms with van der Waals surface area (Å²) in [6, 6.07) is 6.93. The van der Waals surface area contributed by atoms with Gasteiger partial charge in [-0.2, -0.15) is 4.31 Å². The molecule has 1 rings (SSSR count). The molecule has 1 aromatic carbocycles. The Morgan fingerprint density at radius 1 is 1.12 bits per heavy atom. The van der Waals surface area contributed by atoms with E-state index < -0.39 is 10.0 Å². The van der Waals surface area contributed by atoms with E-state index in [0.717, 1.165) is 18.4 Å². The predicted octanol–water partition coefficient (Wildman–Crippen LogP) is 4.06. The highest BCUT2D eigenvalue weighted by Crippen LogP contribution is 2.17. The van der Waals surface area contributed by atoms with Gasteiger partial charge in [0.25, 0.3) is 0 Å². The van der Waals surface area contributed by atoms with Crippen molar-refractivity contribution in [3.63, 3.8) is 0 Å². The number of rotatable bonds is 9. The van der Waals surface area contributed by atoms with Crippen LogP contribution in [0, 0.1) is 6.92 Å². The number of nitrogens with two attached hydrogens (primary N) is 1. The van der Waals surface area contributed by atoms with Crippen molar-refractivity contribution in [2.24, 2.45) is 5.73 Å². The molecule has 0 aromatic heterocycles. The zero-order chi connectivity index (χ0) is 18.2. The maximum atomic E-state index is 12.8. The number of allylic oxidation sites excluding steroid dienone is 3. The highest BCUT2D eigenvalue weighted by molar-refractivity contribution is 7.89. The molecule has 4 nitrogen and oxygen atoms in total. The van der Waals surface area contributed by atoms with Gasteiger partial charge in [0.05, 0.1) is 4.90 Å². The molecule has 0 aliphatic rings. The first-order valence-corrected chi connectivity index (χ1v) is 9.77. The SMILES string of the molecule is CC(C)=CCC/C(C)=C/CN(CCN)S(=O)(=O)c1ccc(C)cc1.Cl. The van der Waals surface area contributed by atoms with Gasteiger partial charge in [-0.05, 0) is 52.7 Å². The van der Waals surface area contributed by atoms with Gasteiger partial charge >= 0.3 is 0 Å². The summed E-state index contributed by atoms with van der Waals surface area (Å²) in [7, 11) is -3.51. The minimum Gasteiger partial charge on any atom is -0.329 e. The molecular formula is C19H31ClN2O2S. The lowest BCUT2D eigenvalue weighted by atomic mass is 10.1. The van der Waals surface area contributed by atoms with Crippen molar-refractivity contribution in [2.75, 3.05) is 19.6 Å². The fraction of sp³-hybridized carbons (Fsp3) is 0.474. The lowest BCUT2D eigenvalue weighted by molar-refractivity contribution is 0.449. The van der Waals surface area contributed by atoms with E-state index in [1.165, 1.54) is 15.5 Å². The standard InChI is InChI=1S/C19H30N2O2S.ClH/c1-16(2)6-5-7-17(3)12-14-21(15-13-20)24(22,23)19-10-8-18(4)9-11-19;/h6,8-12H,5,7,13-15,20H2,1-4H3;1H/b17-12+;. The molecule has 0 radical (unpaired) electrons. The van der Waals surface area contributed by atoms with Gasteiger partial charge in [-0.15, -0.1) is 12.4 Å². The van der Waals surface area contributed by atoms with Crippen LogP contribution in [0.4, 0.5) is 0 Å². The summed E-state index contributed by atoms with van der Waals surface area (Å²) in [6.07, 6.45) is 6.09. The van der Waals surface area contributed by atoms with E-state index in [4.69, 9.17) is 5.73 Å². The topological polar surface area (TPSA) is 63.4 Å². The molecule has 0 aliphatic carbocycles. The van der Waals surface area contributed by atoms with Crippen molar-refractivity contribution >= 4 is 22.4 Å². The van der Waals surface area contributed by atoms with Crippen molar-refractivity contribution in [2.45, 2.75) is 45.4 Å². The molecule has 1 aromatic rings. The van der Waals surface area contributed by atoms with E-state index in [-0.39, 0.29) is 12.4 Å². The summed E-state index contributed by atoms with van der Waals surface area (Å²) in [4.78, 5) is 0.317. The molecule has 0 amide bonds. The maximum Gasteiger partial charge on any atom is 0.243 e. The molecule has 2 N–H and O–H groups in total. The van der Waals surface area contributed by atoms with E-state index in [9.17, 15) is 8.42 Å². The first-order chi connectivity index (χ1) is 11.3. The van der Waals surface area contributed by atoms with Gasteiger partial charge < -0.3 is 5.73 Å². The Morgan fingerprint density at radius 2 is 1.72 bits per heavy atom. The Morgan fingerprint density at radius 3 is 2.24 bits per heavy atom. The van der Waals surface area contributed by atoms with Crippen LogP contribution in [0.15, 0.2) is 52.5 Å². The molecule has 0 spiro atoms. The predicted molar refractivity (Wildman–Crippen MR) is 109 cm³/mol. The summed E-state index contributed by atoms with van der Waals surface area (Å²) < 4.78 is 27.0. The van der Waals surface area contributed by atoms with Crippen molar-refractivity contribution in [3.8, 4) is 0 Å². The summed E-state index contributed by atoms with van der Waals surface area (Å²) in [5.74, 6) is 0. The van der Waals surface area contributed by atoms with Gasteiger partial charge in [0.15, 0.2) is 0 Å². The average Bonchev–Trinajstić information content (AvgIpc) is 2.51. The summed E-state index contributed by atoms with van der Waals surface area (Å²) in [6.45, 7) is 9.11. The number of aryl methyl sites for hydroxylation is 1. The third-order valence-electron chi connectivity index (χ3n) is 3.77. The van der Waals surface area contributed by atoms with Crippen LogP contribution in [0.3, 0.4) is 0 Å². The summed E-state index contributed by atoms with van der Waals surface area (Å²) in [5, 5.41) is 0. The zero-order valence-electron chi connectivity index (χ0n) is 15.7. The van der Waals surface area contributed by atoms with E-state index in [2.05, 4.69) is 19.9 Å². The average molecular weight is 387 g/mol. The van der Waals surface area contributed by atoms with E-state index in [1.807, 2.05) is 32.1 Å². The molecule has 0 fully saturated rings. The molecule has 25 heavy (non-hydrogen) atoms. The smallest absolute Gasteiger partial charge is 0.243 e. The Kier molecular flexibility index (Phi) is 10.9. The molecular weight excluding hydrogens is 356 g/mol. The molecule has 0 heterocycles. The first kappa shape index (κ1) is 23.9. The monoisotopic (exact) mass is 386 g/mol. The lowest BCUT2D eigenvalue weighted by Gasteiger charge is -2.20. The Labute approximate surface area is 159 Å². The normalized spacial score (nSPS) is 12.0. The molecule has 0 unspecified atom stereocenters. The number of halogens is 1. The van der Waals surface area contributed by atoms with Gasteiger partial charge in [0.1, 0.15) is 0 Å². The minimum atomic E-state index is -3.51. The van der Waals surface area contributed by atoms with Gasteiger partial charge in [-0.3, -0.25) is 0 Å². The number of benzene rings is 1. The highest BCUT2D eigenvalue weighted by Gasteiger charge is 2.22. The molecule has 0 atom stereocenters. The molecule has 0 aliphatic heterocycles. The van der Waals surface area contributed by atoms with Gasteiger partial charge in [-0.25, -0.2) is 8.42 Å². The Hall–Kier alpha value is -1.14. The number of nitrogens with zero attached hydrogens (tertiary/aromatic N) is 1. The van der Waals surface area contributed by atoms with Crippen LogP contribution in [0.1, 0.15) is 39.2 Å². The minimum absolute atomic E-state index is 0. The van der Waals surface area contributed by atoms with E-state index in [0.29, 0.717) is 24.5 Å². The summed E-state index contributed by atoms with van der Waals surface area (Å²) >= 11 is 0. The fourth-order valence-electron chi connectivity index (χ4n) is 2.26. The van der Waals surface area contributed by atoms with E-state index in [1.54, 1.807) is 12.1 Å². The Bertz CT molecular complexity index is 676. The molecule has 142 valence electrons. The van der Waals surface area contributed by atoms with Gasteiger partial charge in [0.2, 0.25) is 10.0 Å². The Balaban J connectivity index is 0.00000576. The summed E-state index contributed by atoms with van der Waals surface area (Å²) in [5.41, 5.74) is 9.14. The van der Waals surface area contributed by atoms with Gasteiger partial charge in [0, 0.05) is 19.6 Å². The molecule has 6 heteroatoms. The lowest BCUT2D eigenvalue weighted by Crippen LogP contribution is -2.35. The first-order valence-electron chi connectivity index (χ1n) is 8.33. The number of hydrogen-bond donors (Lipinski definition) is 1. The van der Waals surface area contributed by atoms with E-state index >= 15 is 0 Å². The highest BCUT2D eigenvalue weighted by atomic mass is 35.5. The number of hydrogen-bond acceptors (Lipinski definition) is 3. The van der Waals surface area contributed by atoms with Crippen LogP contribution in [0.25, 0.3) is 0 Å². The second-order valence-corrected chi connectivity index (χ2v) is 8.27. The maximum absolute atomic E-state index is 12.8. The molecule has 0 saturated heterocycles. The third-order valence-corrected chi connectivity index (χ3v) is 5.65. The van der Waals surface area contributed by atoms with Crippen LogP contribution >= 0.6 is 12.4 Å². The van der Waals surface area contributed by atoms with Crippen LogP contribution in [-0.2, 0) is 10.0 Å². The van der Waals surface area contributed by atoms with Crippen LogP contribution in [-0.4, -0.2) is 32.4 Å². The molecule has 0 saturated carbocycles. The third kappa shape index (κ3) is 8.19. The van der Waals surface area contributed by atoms with Crippen LogP contribution < -0.4 is 5.73 Å². The number of sulfonamides is 1. The largest absolute Gasteiger partial charge is 0.329 e. The van der Waals surface area contributed by atoms with Crippen LogP contribution in [0.2, 0.25) is 0 Å². The zero-order valence-corrected chi connectivity index (χ0v) is 17.3. The van der Waals surface area contributed by atoms with Crippen molar-refractivity contribution < 1.29 is 8.42 Å². The molecule has 0 bridgehead atoms. The van der Waals surface area contributed by atoms with Gasteiger partial charge in [-0.1, -0.05) is 41.0 Å². The van der Waals surface area contributed by atoms with Crippen molar-refractivity contribution in [3.05, 3.63) is 53.1 Å². The second-order valence-electron chi connectivity index (χ2n) is 6.34. The fourth-order valence-corrected chi connectivity index (χ4v) is 3.66. The van der Waals surface area contributed by atoms with Crippen molar-refractivity contribution in [1.82, 2.24) is 4.31 Å². The second kappa shape index (κ2) is 11.5. The van der Waals surface area contributed by atoms with Crippen LogP contribution in [0.5, 0.6) is 0 Å².